The number of nitrogens with one attached hydrogen (secondary N) is 2. The second kappa shape index (κ2) is 6.32. The number of H-pyrrole nitrogens is 1. The van der Waals surface area contributed by atoms with Crippen molar-refractivity contribution in [3.05, 3.63) is 70.5 Å². The molecular weight excluding hydrogens is 341 g/mol. The Kier molecular flexibility index (Phi) is 3.85. The molecule has 2 aromatic carbocycles. The molecule has 0 radical (unpaired) electrons. The maximum atomic E-state index is 13.1. The number of rotatable bonds is 3. The Labute approximate surface area is 146 Å². The fourth-order valence-corrected chi connectivity index (χ4v) is 2.52. The van der Waals surface area contributed by atoms with Crippen molar-refractivity contribution in [2.45, 2.75) is 0 Å². The van der Waals surface area contributed by atoms with Gasteiger partial charge in [-0.05, 0) is 42.5 Å². The number of halogens is 1. The SMILES string of the molecule is O=C(Nc1ccc2c(c1)OCO2)c1cc(-c2ccc(F)cc2)nc(=O)[nH]1. The van der Waals surface area contributed by atoms with E-state index in [0.29, 0.717) is 22.7 Å². The number of anilines is 1. The number of hydrogen-bond donors (Lipinski definition) is 2. The van der Waals surface area contributed by atoms with Gasteiger partial charge in [-0.1, -0.05) is 0 Å². The van der Waals surface area contributed by atoms with E-state index in [4.69, 9.17) is 9.47 Å². The molecule has 1 amide bonds. The van der Waals surface area contributed by atoms with Crippen LogP contribution in [-0.4, -0.2) is 22.7 Å². The molecule has 2 heterocycles. The number of amides is 1. The van der Waals surface area contributed by atoms with E-state index in [0.717, 1.165) is 0 Å². The van der Waals surface area contributed by atoms with Gasteiger partial charge < -0.3 is 19.8 Å². The minimum Gasteiger partial charge on any atom is -0.454 e. The molecule has 130 valence electrons. The number of aromatic nitrogens is 2. The average Bonchev–Trinajstić information content (AvgIpc) is 3.09. The molecule has 4 rings (SSSR count). The molecule has 0 atom stereocenters. The predicted molar refractivity (Wildman–Crippen MR) is 90.8 cm³/mol. The Morgan fingerprint density at radius 2 is 1.85 bits per heavy atom. The average molecular weight is 353 g/mol. The number of benzene rings is 2. The third-order valence-corrected chi connectivity index (χ3v) is 3.76. The number of ether oxygens (including phenoxy) is 2. The zero-order chi connectivity index (χ0) is 18.1. The molecule has 7 nitrogen and oxygen atoms in total. The van der Waals surface area contributed by atoms with Gasteiger partial charge in [0.1, 0.15) is 11.5 Å². The van der Waals surface area contributed by atoms with Gasteiger partial charge in [0.05, 0.1) is 5.69 Å². The van der Waals surface area contributed by atoms with Gasteiger partial charge in [-0.15, -0.1) is 0 Å². The largest absolute Gasteiger partial charge is 0.454 e. The van der Waals surface area contributed by atoms with Gasteiger partial charge in [0, 0.05) is 17.3 Å². The van der Waals surface area contributed by atoms with E-state index in [1.165, 1.54) is 30.3 Å². The molecule has 0 spiro atoms. The molecule has 3 aromatic rings. The number of hydrogen-bond acceptors (Lipinski definition) is 5. The standard InChI is InChI=1S/C18H12FN3O4/c19-11-3-1-10(2-4-11)13-8-14(22-18(24)21-13)17(23)20-12-5-6-15-16(7-12)26-9-25-15/h1-8H,9H2,(H,20,23)(H,21,22,24). The van der Waals surface area contributed by atoms with E-state index in [1.54, 1.807) is 18.2 Å². The molecule has 0 aliphatic carbocycles. The van der Waals surface area contributed by atoms with Crippen LogP contribution in [0.1, 0.15) is 10.5 Å². The smallest absolute Gasteiger partial charge is 0.346 e. The summed E-state index contributed by atoms with van der Waals surface area (Å²) in [4.78, 5) is 30.5. The topological polar surface area (TPSA) is 93.3 Å². The number of carbonyl (C=O) groups is 1. The lowest BCUT2D eigenvalue weighted by Crippen LogP contribution is -2.21. The maximum absolute atomic E-state index is 13.1. The highest BCUT2D eigenvalue weighted by molar-refractivity contribution is 6.03. The fourth-order valence-electron chi connectivity index (χ4n) is 2.52. The first kappa shape index (κ1) is 15.8. The van der Waals surface area contributed by atoms with Crippen molar-refractivity contribution in [1.82, 2.24) is 9.97 Å². The first-order valence-corrected chi connectivity index (χ1v) is 7.67. The van der Waals surface area contributed by atoms with Crippen LogP contribution in [0.15, 0.2) is 53.3 Å². The molecule has 1 aliphatic rings. The number of aromatic amines is 1. The summed E-state index contributed by atoms with van der Waals surface area (Å²) >= 11 is 0. The van der Waals surface area contributed by atoms with Crippen LogP contribution in [-0.2, 0) is 0 Å². The first-order chi connectivity index (χ1) is 12.6. The van der Waals surface area contributed by atoms with Crippen LogP contribution in [0.3, 0.4) is 0 Å². The number of nitrogens with zero attached hydrogens (tertiary/aromatic N) is 1. The zero-order valence-corrected chi connectivity index (χ0v) is 13.3. The fraction of sp³-hybridized carbons (Fsp3) is 0.0556. The van der Waals surface area contributed by atoms with Crippen molar-refractivity contribution >= 4 is 11.6 Å². The molecule has 0 fully saturated rings. The van der Waals surface area contributed by atoms with Crippen LogP contribution in [0.2, 0.25) is 0 Å². The Balaban J connectivity index is 1.61. The molecule has 0 saturated carbocycles. The summed E-state index contributed by atoms with van der Waals surface area (Å²) in [5.74, 6) is 0.197. The van der Waals surface area contributed by atoms with Crippen molar-refractivity contribution in [1.29, 1.82) is 0 Å². The highest BCUT2D eigenvalue weighted by atomic mass is 19.1. The predicted octanol–water partition coefficient (Wildman–Crippen LogP) is 2.56. The zero-order valence-electron chi connectivity index (χ0n) is 13.3. The van der Waals surface area contributed by atoms with E-state index in [1.807, 2.05) is 0 Å². The lowest BCUT2D eigenvalue weighted by molar-refractivity contribution is 0.102. The van der Waals surface area contributed by atoms with Crippen LogP contribution >= 0.6 is 0 Å². The van der Waals surface area contributed by atoms with Crippen molar-refractivity contribution in [3.8, 4) is 22.8 Å². The first-order valence-electron chi connectivity index (χ1n) is 7.67. The van der Waals surface area contributed by atoms with Crippen LogP contribution in [0.25, 0.3) is 11.3 Å². The van der Waals surface area contributed by atoms with Gasteiger partial charge in [-0.25, -0.2) is 9.18 Å². The van der Waals surface area contributed by atoms with Gasteiger partial charge in [0.25, 0.3) is 5.91 Å². The van der Waals surface area contributed by atoms with Gasteiger partial charge in [0.2, 0.25) is 6.79 Å². The van der Waals surface area contributed by atoms with E-state index in [2.05, 4.69) is 15.3 Å². The van der Waals surface area contributed by atoms with Crippen LogP contribution < -0.4 is 20.5 Å². The molecule has 1 aromatic heterocycles. The Bertz CT molecular complexity index is 1050. The van der Waals surface area contributed by atoms with Crippen LogP contribution in [0.5, 0.6) is 11.5 Å². The van der Waals surface area contributed by atoms with Crippen molar-refractivity contribution in [2.75, 3.05) is 12.1 Å². The van der Waals surface area contributed by atoms with E-state index < -0.39 is 17.4 Å². The quantitative estimate of drug-likeness (QED) is 0.755. The lowest BCUT2D eigenvalue weighted by Gasteiger charge is -2.07. The molecule has 0 unspecified atom stereocenters. The molecule has 1 aliphatic heterocycles. The molecule has 0 saturated heterocycles. The second-order valence-corrected chi connectivity index (χ2v) is 5.51. The Morgan fingerprint density at radius 1 is 1.08 bits per heavy atom. The summed E-state index contributed by atoms with van der Waals surface area (Å²) in [6, 6.07) is 11.9. The molecule has 26 heavy (non-hydrogen) atoms. The van der Waals surface area contributed by atoms with Crippen molar-refractivity contribution in [2.24, 2.45) is 0 Å². The van der Waals surface area contributed by atoms with E-state index in [9.17, 15) is 14.0 Å². The highest BCUT2D eigenvalue weighted by Gasteiger charge is 2.16. The van der Waals surface area contributed by atoms with Crippen LogP contribution in [0, 0.1) is 5.82 Å². The minimum absolute atomic E-state index is 0.0296. The third kappa shape index (κ3) is 3.12. The number of carbonyl (C=O) groups excluding carboxylic acids is 1. The van der Waals surface area contributed by atoms with Gasteiger partial charge in [-0.3, -0.25) is 4.79 Å². The summed E-state index contributed by atoms with van der Waals surface area (Å²) in [5, 5.41) is 2.67. The Hall–Kier alpha value is -3.68. The summed E-state index contributed by atoms with van der Waals surface area (Å²) in [6.07, 6.45) is 0. The minimum atomic E-state index is -0.678. The monoisotopic (exact) mass is 353 g/mol. The maximum Gasteiger partial charge on any atom is 0.346 e. The van der Waals surface area contributed by atoms with Crippen molar-refractivity contribution in [3.63, 3.8) is 0 Å². The van der Waals surface area contributed by atoms with E-state index in [-0.39, 0.29) is 18.2 Å². The summed E-state index contributed by atoms with van der Waals surface area (Å²) in [5.41, 5.74) is 0.629. The highest BCUT2D eigenvalue weighted by Crippen LogP contribution is 2.34. The number of fused-ring (bicyclic) bond motifs is 1. The van der Waals surface area contributed by atoms with Crippen molar-refractivity contribution < 1.29 is 18.7 Å². The van der Waals surface area contributed by atoms with Gasteiger partial charge in [-0.2, -0.15) is 4.98 Å². The van der Waals surface area contributed by atoms with E-state index >= 15 is 0 Å². The summed E-state index contributed by atoms with van der Waals surface area (Å²) < 4.78 is 23.5. The summed E-state index contributed by atoms with van der Waals surface area (Å²) in [7, 11) is 0. The molecule has 8 heteroatoms. The lowest BCUT2D eigenvalue weighted by atomic mass is 10.1. The Morgan fingerprint density at radius 3 is 2.65 bits per heavy atom. The third-order valence-electron chi connectivity index (χ3n) is 3.76. The van der Waals surface area contributed by atoms with Gasteiger partial charge >= 0.3 is 5.69 Å². The molecular formula is C18H12FN3O4. The summed E-state index contributed by atoms with van der Waals surface area (Å²) in [6.45, 7) is 0.130. The second-order valence-electron chi connectivity index (χ2n) is 5.51. The molecule has 2 N–H and O–H groups in total. The normalized spacial score (nSPS) is 12.0. The van der Waals surface area contributed by atoms with Crippen LogP contribution in [0.4, 0.5) is 10.1 Å². The molecule has 0 bridgehead atoms. The van der Waals surface area contributed by atoms with Gasteiger partial charge in [0.15, 0.2) is 11.5 Å².